The van der Waals surface area contributed by atoms with Crippen LogP contribution in [0.25, 0.3) is 22.4 Å². The minimum atomic E-state index is -0.533. The average molecular weight is 475 g/mol. The zero-order valence-corrected chi connectivity index (χ0v) is 19.3. The minimum Gasteiger partial charge on any atom is -0.453 e. The number of nitrogens with one attached hydrogen (secondary N) is 1. The topological polar surface area (TPSA) is 86.4 Å². The monoisotopic (exact) mass is 474 g/mol. The number of fused-ring (bicyclic) bond motifs is 1. The van der Waals surface area contributed by atoms with Crippen molar-refractivity contribution in [3.05, 3.63) is 93.4 Å². The van der Waals surface area contributed by atoms with E-state index in [4.69, 9.17) is 21.0 Å². The van der Waals surface area contributed by atoms with Crippen LogP contribution in [0.3, 0.4) is 0 Å². The number of pyridine rings is 1. The highest BCUT2D eigenvalue weighted by Crippen LogP contribution is 2.35. The van der Waals surface area contributed by atoms with Crippen molar-refractivity contribution in [3.8, 4) is 22.4 Å². The number of benzene rings is 2. The Bertz CT molecular complexity index is 1440. The minimum absolute atomic E-state index is 0.112. The molecule has 171 valence electrons. The van der Waals surface area contributed by atoms with Gasteiger partial charge in [0.1, 0.15) is 17.5 Å². The van der Waals surface area contributed by atoms with Crippen molar-refractivity contribution in [1.82, 2.24) is 9.55 Å². The molecule has 0 fully saturated rings. The summed E-state index contributed by atoms with van der Waals surface area (Å²) in [5.74, 6) is 1.17. The Balaban J connectivity index is 1.44. The van der Waals surface area contributed by atoms with E-state index in [0.717, 1.165) is 35.2 Å². The Morgan fingerprint density at radius 3 is 2.74 bits per heavy atom. The van der Waals surface area contributed by atoms with E-state index >= 15 is 0 Å². The van der Waals surface area contributed by atoms with Gasteiger partial charge < -0.3 is 13.7 Å². The lowest BCUT2D eigenvalue weighted by molar-refractivity contribution is 0.187. The van der Waals surface area contributed by atoms with Gasteiger partial charge in [-0.05, 0) is 67.3 Å². The number of anilines is 1. The second-order valence-electron chi connectivity index (χ2n) is 8.07. The number of hydrogen-bond acceptors (Lipinski definition) is 5. The molecule has 1 aliphatic heterocycles. The third kappa shape index (κ3) is 4.10. The lowest BCUT2D eigenvalue weighted by Crippen LogP contribution is -2.23. The summed E-state index contributed by atoms with van der Waals surface area (Å²) in [5.41, 5.74) is 4.56. The van der Waals surface area contributed by atoms with Crippen molar-refractivity contribution in [1.29, 1.82) is 0 Å². The Morgan fingerprint density at radius 1 is 1.21 bits per heavy atom. The first-order valence-electron chi connectivity index (χ1n) is 10.8. The number of oxazole rings is 1. The molecule has 2 aromatic heterocycles. The van der Waals surface area contributed by atoms with Gasteiger partial charge in [0.2, 0.25) is 5.89 Å². The summed E-state index contributed by atoms with van der Waals surface area (Å²) in [6.07, 6.45) is 0.924. The molecule has 4 aromatic rings. The van der Waals surface area contributed by atoms with Gasteiger partial charge in [0, 0.05) is 28.0 Å². The third-order valence-electron chi connectivity index (χ3n) is 5.90. The van der Waals surface area contributed by atoms with Gasteiger partial charge in [-0.15, -0.1) is 0 Å². The van der Waals surface area contributed by atoms with Crippen molar-refractivity contribution in [3.63, 3.8) is 0 Å². The molecule has 1 N–H and O–H groups in total. The molecular weight excluding hydrogens is 454 g/mol. The van der Waals surface area contributed by atoms with E-state index in [0.29, 0.717) is 28.1 Å². The molecular formula is C26H21ClN3O4. The van der Waals surface area contributed by atoms with Crippen molar-refractivity contribution in [2.24, 2.45) is 0 Å². The third-order valence-corrected chi connectivity index (χ3v) is 6.13. The van der Waals surface area contributed by atoms with Crippen LogP contribution in [0.2, 0.25) is 5.02 Å². The number of aromatic nitrogens is 2. The van der Waals surface area contributed by atoms with Crippen molar-refractivity contribution in [2.45, 2.75) is 25.8 Å². The van der Waals surface area contributed by atoms with E-state index < -0.39 is 6.09 Å². The molecule has 0 saturated carbocycles. The summed E-state index contributed by atoms with van der Waals surface area (Å²) in [5, 5.41) is 3.22. The van der Waals surface area contributed by atoms with Crippen LogP contribution >= 0.6 is 11.6 Å². The van der Waals surface area contributed by atoms with Crippen LogP contribution in [0.15, 0.2) is 63.8 Å². The highest BCUT2D eigenvalue weighted by molar-refractivity contribution is 6.30. The standard InChI is InChI=1S/C26H21ClN3O4/c1-15-24(16-6-8-20(9-7-16)28-26(32)33-2)29-25(34-15)22-11-10-21-13-18(14-23(31)30(21)22)17-4-3-5-19(27)12-17/h3,5-9,12-14,22H,10-11H2,1-2H3,(H,28,32)/t22-/m0/s1. The molecule has 0 unspecified atom stereocenters. The first-order chi connectivity index (χ1) is 16.4. The Morgan fingerprint density at radius 2 is 2.00 bits per heavy atom. The number of carbonyl (C=O) groups excluding carboxylic acids is 1. The van der Waals surface area contributed by atoms with Crippen molar-refractivity contribution in [2.75, 3.05) is 12.4 Å². The second-order valence-corrected chi connectivity index (χ2v) is 8.51. The van der Waals surface area contributed by atoms with Gasteiger partial charge in [-0.25, -0.2) is 9.78 Å². The first-order valence-corrected chi connectivity index (χ1v) is 11.2. The van der Waals surface area contributed by atoms with Crippen LogP contribution in [0.1, 0.15) is 29.8 Å². The summed E-state index contributed by atoms with van der Waals surface area (Å²) in [4.78, 5) is 29.2. The molecule has 0 saturated heterocycles. The molecule has 8 heteroatoms. The number of ether oxygens (including phenoxy) is 1. The lowest BCUT2D eigenvalue weighted by atomic mass is 10.1. The smallest absolute Gasteiger partial charge is 0.411 e. The molecule has 0 aliphatic carbocycles. The van der Waals surface area contributed by atoms with E-state index in [-0.39, 0.29) is 11.6 Å². The average Bonchev–Trinajstić information content (AvgIpc) is 3.43. The van der Waals surface area contributed by atoms with Crippen LogP contribution in [0, 0.1) is 13.0 Å². The van der Waals surface area contributed by atoms with E-state index in [1.807, 2.05) is 25.1 Å². The fraction of sp³-hybridized carbons (Fsp3) is 0.192. The van der Waals surface area contributed by atoms with Gasteiger partial charge in [-0.3, -0.25) is 10.1 Å². The molecule has 2 aromatic carbocycles. The highest BCUT2D eigenvalue weighted by Gasteiger charge is 2.30. The molecule has 0 spiro atoms. The van der Waals surface area contributed by atoms with Crippen molar-refractivity contribution >= 4 is 23.4 Å². The van der Waals surface area contributed by atoms with E-state index in [1.54, 1.807) is 41.0 Å². The maximum Gasteiger partial charge on any atom is 0.411 e. The zero-order chi connectivity index (χ0) is 23.8. The number of hydrogen-bond donors (Lipinski definition) is 1. The molecule has 0 bridgehead atoms. The van der Waals surface area contributed by atoms with E-state index in [1.165, 1.54) is 7.11 Å². The van der Waals surface area contributed by atoms with E-state index in [2.05, 4.69) is 16.1 Å². The summed E-state index contributed by atoms with van der Waals surface area (Å²) >= 11 is 6.11. The van der Waals surface area contributed by atoms with Gasteiger partial charge in [0.05, 0.1) is 7.11 Å². The van der Waals surface area contributed by atoms with Gasteiger partial charge in [-0.2, -0.15) is 0 Å². The number of aryl methyl sites for hydroxylation is 2. The SMILES string of the molecule is COC(=O)Nc1ccc(-c2nc([C@@H]3CCc4cc(-c5[c]ccc(Cl)c5)cc(=O)n43)oc2C)cc1. The summed E-state index contributed by atoms with van der Waals surface area (Å²) < 4.78 is 12.4. The maximum atomic E-state index is 13.1. The normalized spacial score (nSPS) is 14.6. The van der Waals surface area contributed by atoms with Crippen LogP contribution in [-0.4, -0.2) is 22.8 Å². The number of halogens is 1. The lowest BCUT2D eigenvalue weighted by Gasteiger charge is -2.12. The summed E-state index contributed by atoms with van der Waals surface area (Å²) in [6, 6.07) is 19.0. The predicted molar refractivity (Wildman–Crippen MR) is 129 cm³/mol. The number of methoxy groups -OCH3 is 1. The Hall–Kier alpha value is -3.84. The molecule has 1 amide bonds. The molecule has 5 rings (SSSR count). The van der Waals surface area contributed by atoms with Crippen LogP contribution in [-0.2, 0) is 11.2 Å². The van der Waals surface area contributed by atoms with Gasteiger partial charge in [0.25, 0.3) is 5.56 Å². The van der Waals surface area contributed by atoms with Gasteiger partial charge in [-0.1, -0.05) is 29.8 Å². The van der Waals surface area contributed by atoms with Gasteiger partial charge >= 0.3 is 6.09 Å². The van der Waals surface area contributed by atoms with Crippen LogP contribution in [0.4, 0.5) is 10.5 Å². The molecule has 3 heterocycles. The Kier molecular flexibility index (Phi) is 5.71. The summed E-state index contributed by atoms with van der Waals surface area (Å²) in [6.45, 7) is 1.85. The molecule has 1 radical (unpaired) electrons. The van der Waals surface area contributed by atoms with E-state index in [9.17, 15) is 9.59 Å². The fourth-order valence-corrected chi connectivity index (χ4v) is 4.47. The number of rotatable bonds is 4. The van der Waals surface area contributed by atoms with Crippen molar-refractivity contribution < 1.29 is 13.9 Å². The quantitative estimate of drug-likeness (QED) is 0.413. The largest absolute Gasteiger partial charge is 0.453 e. The highest BCUT2D eigenvalue weighted by atomic mass is 35.5. The number of nitrogens with zero attached hydrogens (tertiary/aromatic N) is 2. The van der Waals surface area contributed by atoms with Gasteiger partial charge in [0.15, 0.2) is 0 Å². The number of carbonyl (C=O) groups is 1. The molecule has 7 nitrogen and oxygen atoms in total. The number of amides is 1. The fourth-order valence-electron chi connectivity index (χ4n) is 4.30. The second kappa shape index (κ2) is 8.83. The summed E-state index contributed by atoms with van der Waals surface area (Å²) in [7, 11) is 1.31. The molecule has 1 aliphatic rings. The molecule has 1 atom stereocenters. The maximum absolute atomic E-state index is 13.1. The molecule has 34 heavy (non-hydrogen) atoms. The first kappa shape index (κ1) is 22.0. The van der Waals surface area contributed by atoms with Crippen LogP contribution < -0.4 is 10.9 Å². The predicted octanol–water partition coefficient (Wildman–Crippen LogP) is 5.65. The van der Waals surface area contributed by atoms with Crippen LogP contribution in [0.5, 0.6) is 0 Å². The Labute approximate surface area is 201 Å². The zero-order valence-electron chi connectivity index (χ0n) is 18.6.